The van der Waals surface area contributed by atoms with Gasteiger partial charge in [-0.05, 0) is 93.2 Å². The van der Waals surface area contributed by atoms with Crippen molar-refractivity contribution in [2.45, 2.75) is 78.7 Å². The quantitative estimate of drug-likeness (QED) is 0.366. The number of aromatic carboxylic acids is 1. The molecule has 2 aromatic carbocycles. The maximum atomic E-state index is 13.5. The Morgan fingerprint density at radius 2 is 1.74 bits per heavy atom. The molecule has 0 spiro atoms. The topological polar surface area (TPSA) is 62.5 Å². The average Bonchev–Trinajstić information content (AvgIpc) is 3.29. The lowest BCUT2D eigenvalue weighted by atomic mass is 9.75. The van der Waals surface area contributed by atoms with E-state index in [0.717, 1.165) is 42.3 Å². The Morgan fingerprint density at radius 1 is 0.974 bits per heavy atom. The second-order valence-electron chi connectivity index (χ2n) is 10.9. The molecule has 2 aliphatic rings. The van der Waals surface area contributed by atoms with Crippen LogP contribution in [-0.4, -0.2) is 39.5 Å². The smallest absolute Gasteiger partial charge is 0.335 e. The number of nitrogens with zero attached hydrogens (tertiary/aromatic N) is 2. The molecule has 3 aromatic rings. The molecule has 5 heteroatoms. The predicted octanol–water partition coefficient (Wildman–Crippen LogP) is 7.80. The molecule has 38 heavy (non-hydrogen) atoms. The van der Waals surface area contributed by atoms with Gasteiger partial charge in [0.15, 0.2) is 0 Å². The molecule has 0 atom stereocenters. The number of allylic oxidation sites excluding steroid dienone is 2. The number of carbonyl (C=O) groups is 2. The van der Waals surface area contributed by atoms with E-state index in [1.165, 1.54) is 59.9 Å². The third kappa shape index (κ3) is 4.79. The van der Waals surface area contributed by atoms with Gasteiger partial charge in [0, 0.05) is 36.8 Å². The van der Waals surface area contributed by atoms with Crippen LogP contribution in [0.3, 0.4) is 0 Å². The van der Waals surface area contributed by atoms with Gasteiger partial charge in [-0.1, -0.05) is 43.5 Å². The van der Waals surface area contributed by atoms with Crippen LogP contribution in [0.4, 0.5) is 0 Å². The highest BCUT2D eigenvalue weighted by Crippen LogP contribution is 2.45. The second kappa shape index (κ2) is 11.2. The van der Waals surface area contributed by atoms with E-state index in [9.17, 15) is 14.7 Å². The standard InChI is InChI=1S/C33H40N2O3/c1-4-34(5-2)32(36)29-21-35-19-10-9-14-26(27-15-11-16-28(29)31(27)35)30(23-12-7-6-8-13-23)25-18-17-24(33(37)38)20-22(25)3/h11,15-18,20-21,23H,4-10,12-14,19H2,1-3H3,(H,37,38)/b30-26+. The summed E-state index contributed by atoms with van der Waals surface area (Å²) in [6, 6.07) is 12.1. The van der Waals surface area contributed by atoms with Crippen LogP contribution in [0.5, 0.6) is 0 Å². The lowest BCUT2D eigenvalue weighted by Crippen LogP contribution is -2.30. The summed E-state index contributed by atoms with van der Waals surface area (Å²) in [5.41, 5.74) is 8.55. The number of para-hydroxylation sites is 1. The van der Waals surface area contributed by atoms with Crippen LogP contribution >= 0.6 is 0 Å². The van der Waals surface area contributed by atoms with Gasteiger partial charge in [-0.25, -0.2) is 4.79 Å². The minimum atomic E-state index is -0.884. The van der Waals surface area contributed by atoms with Gasteiger partial charge in [-0.2, -0.15) is 0 Å². The van der Waals surface area contributed by atoms with E-state index < -0.39 is 5.97 Å². The Bertz CT molecular complexity index is 1390. The van der Waals surface area contributed by atoms with Gasteiger partial charge in [-0.3, -0.25) is 4.79 Å². The Hall–Kier alpha value is -3.34. The molecule has 1 aromatic heterocycles. The minimum absolute atomic E-state index is 0.105. The van der Waals surface area contributed by atoms with Crippen LogP contribution in [-0.2, 0) is 6.54 Å². The van der Waals surface area contributed by atoms with Crippen LogP contribution in [0.2, 0.25) is 0 Å². The zero-order chi connectivity index (χ0) is 26.8. The number of carbonyl (C=O) groups excluding carboxylic acids is 1. The third-order valence-corrected chi connectivity index (χ3v) is 8.68. The van der Waals surface area contributed by atoms with Gasteiger partial charge in [0.05, 0.1) is 16.6 Å². The van der Waals surface area contributed by atoms with E-state index in [-0.39, 0.29) is 5.91 Å². The van der Waals surface area contributed by atoms with Crippen LogP contribution in [0, 0.1) is 12.8 Å². The molecule has 0 saturated heterocycles. The maximum Gasteiger partial charge on any atom is 0.335 e. The summed E-state index contributed by atoms with van der Waals surface area (Å²) in [6.45, 7) is 8.44. The first-order valence-electron chi connectivity index (χ1n) is 14.4. The van der Waals surface area contributed by atoms with Gasteiger partial charge in [-0.15, -0.1) is 0 Å². The molecule has 1 amide bonds. The molecule has 1 N–H and O–H groups in total. The predicted molar refractivity (Wildman–Crippen MR) is 155 cm³/mol. The fourth-order valence-corrected chi connectivity index (χ4v) is 6.75. The summed E-state index contributed by atoms with van der Waals surface area (Å²) in [5, 5.41) is 10.6. The number of rotatable bonds is 6. The van der Waals surface area contributed by atoms with Gasteiger partial charge in [0.25, 0.3) is 5.91 Å². The first-order valence-corrected chi connectivity index (χ1v) is 14.4. The molecule has 1 aliphatic heterocycles. The molecule has 5 nitrogen and oxygen atoms in total. The molecular formula is C33H40N2O3. The molecule has 0 radical (unpaired) electrons. The average molecular weight is 513 g/mol. The van der Waals surface area contributed by atoms with Gasteiger partial charge >= 0.3 is 5.97 Å². The van der Waals surface area contributed by atoms with Gasteiger partial charge in [0.1, 0.15) is 0 Å². The number of amides is 1. The second-order valence-corrected chi connectivity index (χ2v) is 10.9. The highest BCUT2D eigenvalue weighted by atomic mass is 16.4. The highest BCUT2D eigenvalue weighted by molar-refractivity contribution is 6.11. The van der Waals surface area contributed by atoms with E-state index in [1.54, 1.807) is 6.07 Å². The van der Waals surface area contributed by atoms with Crippen molar-refractivity contribution in [1.82, 2.24) is 9.47 Å². The molecule has 0 bridgehead atoms. The fourth-order valence-electron chi connectivity index (χ4n) is 6.75. The number of hydrogen-bond acceptors (Lipinski definition) is 2. The third-order valence-electron chi connectivity index (χ3n) is 8.68. The van der Waals surface area contributed by atoms with Gasteiger partial charge < -0.3 is 14.6 Å². The summed E-state index contributed by atoms with van der Waals surface area (Å²) in [4.78, 5) is 27.1. The van der Waals surface area contributed by atoms with Crippen molar-refractivity contribution in [1.29, 1.82) is 0 Å². The van der Waals surface area contributed by atoms with E-state index in [4.69, 9.17) is 0 Å². The summed E-state index contributed by atoms with van der Waals surface area (Å²) in [6.07, 6.45) is 11.3. The lowest BCUT2D eigenvalue weighted by molar-refractivity contribution is 0.0695. The molecule has 200 valence electrons. The first kappa shape index (κ1) is 26.3. The summed E-state index contributed by atoms with van der Waals surface area (Å²) < 4.78 is 2.32. The Morgan fingerprint density at radius 3 is 2.42 bits per heavy atom. The molecule has 1 aliphatic carbocycles. The first-order chi connectivity index (χ1) is 18.4. The molecule has 5 rings (SSSR count). The van der Waals surface area contributed by atoms with Crippen molar-refractivity contribution in [3.63, 3.8) is 0 Å². The van der Waals surface area contributed by atoms with Crippen LogP contribution < -0.4 is 0 Å². The van der Waals surface area contributed by atoms with Crippen molar-refractivity contribution in [3.05, 3.63) is 70.4 Å². The molecule has 0 unspecified atom stereocenters. The van der Waals surface area contributed by atoms with Crippen LogP contribution in [0.25, 0.3) is 22.0 Å². The SMILES string of the molecule is CCN(CC)C(=O)c1cn2c3c(cccc13)/C(=C(/c1ccc(C(=O)O)cc1C)C1CCCCC1)CCCC2. The lowest BCUT2D eigenvalue weighted by Gasteiger charge is -2.30. The number of aryl methyl sites for hydroxylation is 2. The monoisotopic (exact) mass is 512 g/mol. The Kier molecular flexibility index (Phi) is 7.73. The molecule has 1 saturated carbocycles. The van der Waals surface area contributed by atoms with E-state index in [2.05, 4.69) is 35.9 Å². The van der Waals surface area contributed by atoms with Crippen molar-refractivity contribution in [3.8, 4) is 0 Å². The number of benzene rings is 2. The summed E-state index contributed by atoms with van der Waals surface area (Å²) in [5.74, 6) is -0.318. The maximum absolute atomic E-state index is 13.5. The fraction of sp³-hybridized carbons (Fsp3) is 0.455. The largest absolute Gasteiger partial charge is 0.478 e. The van der Waals surface area contributed by atoms with Crippen molar-refractivity contribution >= 4 is 33.9 Å². The van der Waals surface area contributed by atoms with E-state index in [1.807, 2.05) is 30.9 Å². The zero-order valence-corrected chi connectivity index (χ0v) is 23.1. The summed E-state index contributed by atoms with van der Waals surface area (Å²) in [7, 11) is 0. The zero-order valence-electron chi connectivity index (χ0n) is 23.1. The Balaban J connectivity index is 1.77. The van der Waals surface area contributed by atoms with E-state index in [0.29, 0.717) is 24.6 Å². The van der Waals surface area contributed by atoms with Crippen molar-refractivity contribution in [2.75, 3.05) is 13.1 Å². The molecular weight excluding hydrogens is 472 g/mol. The summed E-state index contributed by atoms with van der Waals surface area (Å²) >= 11 is 0. The van der Waals surface area contributed by atoms with E-state index >= 15 is 0 Å². The number of carboxylic acid groups (broad SMARTS) is 1. The molecule has 2 heterocycles. The van der Waals surface area contributed by atoms with Crippen LogP contribution in [0.1, 0.15) is 103 Å². The number of carboxylic acids is 1. The minimum Gasteiger partial charge on any atom is -0.478 e. The Labute approximate surface area is 226 Å². The van der Waals surface area contributed by atoms with Crippen molar-refractivity contribution in [2.24, 2.45) is 5.92 Å². The van der Waals surface area contributed by atoms with Crippen molar-refractivity contribution < 1.29 is 14.7 Å². The normalized spacial score (nSPS) is 17.7. The number of aromatic nitrogens is 1. The molecule has 1 fully saturated rings. The number of hydrogen-bond donors (Lipinski definition) is 1. The highest BCUT2D eigenvalue weighted by Gasteiger charge is 2.28. The van der Waals surface area contributed by atoms with Crippen LogP contribution in [0.15, 0.2) is 42.6 Å². The van der Waals surface area contributed by atoms with Gasteiger partial charge in [0.2, 0.25) is 0 Å².